The molecule has 114 valence electrons. The number of benzene rings is 1. The summed E-state index contributed by atoms with van der Waals surface area (Å²) in [5.74, 6) is -0.291. The number of hydrogen-bond donors (Lipinski definition) is 1. The van der Waals surface area contributed by atoms with Crippen LogP contribution in [0, 0.1) is 19.7 Å². The molecule has 0 bridgehead atoms. The summed E-state index contributed by atoms with van der Waals surface area (Å²) < 4.78 is 15.7. The van der Waals surface area contributed by atoms with Gasteiger partial charge in [-0.2, -0.15) is 5.10 Å². The smallest absolute Gasteiger partial charge is 0.129 e. The molecule has 0 aliphatic carbocycles. The third-order valence-electron chi connectivity index (χ3n) is 3.60. The van der Waals surface area contributed by atoms with E-state index in [1.54, 1.807) is 12.1 Å². The molecule has 2 rings (SSSR count). The molecule has 5 heteroatoms. The topological polar surface area (TPSA) is 29.9 Å². The molecule has 2 aromatic rings. The van der Waals surface area contributed by atoms with Gasteiger partial charge in [-0.05, 0) is 38.9 Å². The number of halogens is 2. The number of hydrogen-bond acceptors (Lipinski definition) is 2. The highest BCUT2D eigenvalue weighted by atomic mass is 35.5. The first-order chi connectivity index (χ1) is 10.0. The number of nitrogens with zero attached hydrogens (tertiary/aromatic N) is 2. The Morgan fingerprint density at radius 1 is 1.33 bits per heavy atom. The summed E-state index contributed by atoms with van der Waals surface area (Å²) in [6.45, 7) is 8.36. The third kappa shape index (κ3) is 3.83. The van der Waals surface area contributed by atoms with Gasteiger partial charge in [-0.25, -0.2) is 4.39 Å². The fourth-order valence-electron chi connectivity index (χ4n) is 2.35. The molecule has 0 saturated heterocycles. The zero-order valence-corrected chi connectivity index (χ0v) is 13.5. The molecule has 1 aromatic carbocycles. The van der Waals surface area contributed by atoms with Crippen LogP contribution in [-0.2, 0) is 13.1 Å². The van der Waals surface area contributed by atoms with Crippen molar-refractivity contribution in [3.05, 3.63) is 51.6 Å². The van der Waals surface area contributed by atoms with Crippen LogP contribution in [0.25, 0.3) is 0 Å². The van der Waals surface area contributed by atoms with Crippen molar-refractivity contribution < 1.29 is 4.39 Å². The van der Waals surface area contributed by atoms with E-state index in [0.717, 1.165) is 30.9 Å². The SMILES string of the molecule is CCCNCc1c(C)nn(Cc2ccc(Cl)cc2F)c1C. The molecule has 0 saturated carbocycles. The number of aryl methyl sites for hydroxylation is 1. The van der Waals surface area contributed by atoms with Gasteiger partial charge in [0.2, 0.25) is 0 Å². The second-order valence-corrected chi connectivity index (χ2v) is 5.66. The molecule has 1 N–H and O–H groups in total. The Bertz CT molecular complexity index is 622. The number of aromatic nitrogens is 2. The Morgan fingerprint density at radius 2 is 2.10 bits per heavy atom. The van der Waals surface area contributed by atoms with Gasteiger partial charge in [0.1, 0.15) is 5.82 Å². The average molecular weight is 310 g/mol. The van der Waals surface area contributed by atoms with Crippen LogP contribution in [-0.4, -0.2) is 16.3 Å². The van der Waals surface area contributed by atoms with E-state index >= 15 is 0 Å². The zero-order chi connectivity index (χ0) is 15.4. The largest absolute Gasteiger partial charge is 0.313 e. The summed E-state index contributed by atoms with van der Waals surface area (Å²) in [5, 5.41) is 8.32. The summed E-state index contributed by atoms with van der Waals surface area (Å²) in [6, 6.07) is 4.75. The summed E-state index contributed by atoms with van der Waals surface area (Å²) in [5.41, 5.74) is 3.85. The predicted molar refractivity (Wildman–Crippen MR) is 84.2 cm³/mol. The van der Waals surface area contributed by atoms with E-state index in [-0.39, 0.29) is 5.82 Å². The summed E-state index contributed by atoms with van der Waals surface area (Å²) in [7, 11) is 0. The Labute approximate surface area is 130 Å². The first-order valence-electron chi connectivity index (χ1n) is 7.20. The van der Waals surface area contributed by atoms with E-state index in [9.17, 15) is 4.39 Å². The molecular formula is C16H21ClFN3. The molecule has 0 amide bonds. The third-order valence-corrected chi connectivity index (χ3v) is 3.83. The Morgan fingerprint density at radius 3 is 2.76 bits per heavy atom. The monoisotopic (exact) mass is 309 g/mol. The minimum atomic E-state index is -0.291. The van der Waals surface area contributed by atoms with E-state index in [1.807, 2.05) is 18.5 Å². The molecule has 0 fully saturated rings. The molecule has 3 nitrogen and oxygen atoms in total. The molecular weight excluding hydrogens is 289 g/mol. The molecule has 0 radical (unpaired) electrons. The maximum atomic E-state index is 13.9. The lowest BCUT2D eigenvalue weighted by atomic mass is 10.2. The normalized spacial score (nSPS) is 11.1. The van der Waals surface area contributed by atoms with Gasteiger partial charge in [0.25, 0.3) is 0 Å². The van der Waals surface area contributed by atoms with Crippen molar-refractivity contribution >= 4 is 11.6 Å². The Balaban J connectivity index is 2.19. The van der Waals surface area contributed by atoms with Gasteiger partial charge in [-0.1, -0.05) is 24.6 Å². The van der Waals surface area contributed by atoms with Gasteiger partial charge in [0.15, 0.2) is 0 Å². The Kier molecular flexibility index (Phi) is 5.37. The molecule has 0 unspecified atom stereocenters. The van der Waals surface area contributed by atoms with Crippen LogP contribution in [0.15, 0.2) is 18.2 Å². The van der Waals surface area contributed by atoms with Crippen molar-refractivity contribution in [2.75, 3.05) is 6.54 Å². The van der Waals surface area contributed by atoms with Gasteiger partial charge >= 0.3 is 0 Å². The van der Waals surface area contributed by atoms with Crippen LogP contribution in [0.2, 0.25) is 5.02 Å². The second-order valence-electron chi connectivity index (χ2n) is 5.22. The van der Waals surface area contributed by atoms with Gasteiger partial charge in [0.05, 0.1) is 12.2 Å². The summed E-state index contributed by atoms with van der Waals surface area (Å²) in [6.07, 6.45) is 1.10. The van der Waals surface area contributed by atoms with Crippen molar-refractivity contribution in [1.29, 1.82) is 0 Å². The van der Waals surface area contributed by atoms with Gasteiger partial charge in [-0.3, -0.25) is 4.68 Å². The van der Waals surface area contributed by atoms with Crippen LogP contribution < -0.4 is 5.32 Å². The maximum Gasteiger partial charge on any atom is 0.129 e. The molecule has 0 spiro atoms. The van der Waals surface area contributed by atoms with Crippen LogP contribution in [0.4, 0.5) is 4.39 Å². The van der Waals surface area contributed by atoms with Crippen molar-refractivity contribution in [1.82, 2.24) is 15.1 Å². The lowest BCUT2D eigenvalue weighted by Crippen LogP contribution is -2.15. The van der Waals surface area contributed by atoms with Gasteiger partial charge < -0.3 is 5.32 Å². The van der Waals surface area contributed by atoms with Crippen molar-refractivity contribution in [3.8, 4) is 0 Å². The Hall–Kier alpha value is -1.39. The fraction of sp³-hybridized carbons (Fsp3) is 0.438. The molecule has 21 heavy (non-hydrogen) atoms. The van der Waals surface area contributed by atoms with E-state index in [2.05, 4.69) is 17.3 Å². The standard InChI is InChI=1S/C16H21ClFN3/c1-4-7-19-9-15-11(2)20-21(12(15)3)10-13-5-6-14(17)8-16(13)18/h5-6,8,19H,4,7,9-10H2,1-3H3. The van der Waals surface area contributed by atoms with Gasteiger partial charge in [0, 0.05) is 28.4 Å². The van der Waals surface area contributed by atoms with Crippen molar-refractivity contribution in [2.45, 2.75) is 40.3 Å². The van der Waals surface area contributed by atoms with Crippen molar-refractivity contribution in [3.63, 3.8) is 0 Å². The van der Waals surface area contributed by atoms with Crippen LogP contribution in [0.3, 0.4) is 0 Å². The number of nitrogens with one attached hydrogen (secondary N) is 1. The second kappa shape index (κ2) is 7.05. The summed E-state index contributed by atoms with van der Waals surface area (Å²) >= 11 is 5.78. The lowest BCUT2D eigenvalue weighted by molar-refractivity contribution is 0.578. The van der Waals surface area contributed by atoms with E-state index in [4.69, 9.17) is 11.6 Å². The van der Waals surface area contributed by atoms with E-state index < -0.39 is 0 Å². The van der Waals surface area contributed by atoms with Crippen LogP contribution >= 0.6 is 11.6 Å². The lowest BCUT2D eigenvalue weighted by Gasteiger charge is -2.08. The van der Waals surface area contributed by atoms with Crippen LogP contribution in [0.5, 0.6) is 0 Å². The predicted octanol–water partition coefficient (Wildman–Crippen LogP) is 3.84. The average Bonchev–Trinajstić information content (AvgIpc) is 2.69. The molecule has 0 aliphatic rings. The molecule has 1 heterocycles. The minimum absolute atomic E-state index is 0.291. The van der Waals surface area contributed by atoms with Crippen LogP contribution in [0.1, 0.15) is 35.9 Å². The zero-order valence-electron chi connectivity index (χ0n) is 12.7. The quantitative estimate of drug-likeness (QED) is 0.822. The minimum Gasteiger partial charge on any atom is -0.313 e. The van der Waals surface area contributed by atoms with E-state index in [0.29, 0.717) is 17.1 Å². The van der Waals surface area contributed by atoms with Crippen molar-refractivity contribution in [2.24, 2.45) is 0 Å². The highest BCUT2D eigenvalue weighted by Crippen LogP contribution is 2.18. The first kappa shape index (κ1) is 16.0. The molecule has 0 aliphatic heterocycles. The number of rotatable bonds is 6. The maximum absolute atomic E-state index is 13.9. The highest BCUT2D eigenvalue weighted by Gasteiger charge is 2.13. The van der Waals surface area contributed by atoms with E-state index in [1.165, 1.54) is 11.6 Å². The van der Waals surface area contributed by atoms with Gasteiger partial charge in [-0.15, -0.1) is 0 Å². The fourth-order valence-corrected chi connectivity index (χ4v) is 2.50. The first-order valence-corrected chi connectivity index (χ1v) is 7.58. The highest BCUT2D eigenvalue weighted by molar-refractivity contribution is 6.30. The molecule has 1 aromatic heterocycles. The summed E-state index contributed by atoms with van der Waals surface area (Å²) in [4.78, 5) is 0. The molecule has 0 atom stereocenters.